The molecule has 0 fully saturated rings. The highest BCUT2D eigenvalue weighted by Crippen LogP contribution is 2.16. The van der Waals surface area contributed by atoms with Crippen LogP contribution in [0.3, 0.4) is 0 Å². The van der Waals surface area contributed by atoms with Crippen LogP contribution in [-0.4, -0.2) is 38.4 Å². The average Bonchev–Trinajstić information content (AvgIpc) is 2.85. The molecular formula is C11H13N5O2S. The van der Waals surface area contributed by atoms with E-state index in [0.29, 0.717) is 6.61 Å². The van der Waals surface area contributed by atoms with Gasteiger partial charge in [-0.2, -0.15) is 4.98 Å². The molecule has 0 atom stereocenters. The molecule has 0 saturated heterocycles. The molecule has 19 heavy (non-hydrogen) atoms. The minimum atomic E-state index is -0.166. The van der Waals surface area contributed by atoms with E-state index in [1.165, 1.54) is 11.8 Å². The lowest BCUT2D eigenvalue weighted by atomic mass is 10.5. The zero-order valence-corrected chi connectivity index (χ0v) is 11.1. The Morgan fingerprint density at radius 2 is 2.26 bits per heavy atom. The number of nitrogens with one attached hydrogen (secondary N) is 2. The Kier molecular flexibility index (Phi) is 4.73. The quantitative estimate of drug-likeness (QED) is 0.775. The third-order valence-electron chi connectivity index (χ3n) is 2.02. The van der Waals surface area contributed by atoms with E-state index in [2.05, 4.69) is 25.5 Å². The standard InChI is InChI=1S/C11H13N5O2S/c1-2-18-11-14-10(15-16-11)13-9(17)7-19-8-3-5-12-6-4-8/h3-6H,2,7H2,1H3,(H2,13,14,15,16,17). The molecule has 0 aliphatic heterocycles. The molecule has 0 saturated carbocycles. The van der Waals surface area contributed by atoms with Crippen molar-refractivity contribution in [1.29, 1.82) is 0 Å². The van der Waals surface area contributed by atoms with Crippen LogP contribution in [-0.2, 0) is 4.79 Å². The van der Waals surface area contributed by atoms with Crippen LogP contribution in [0.4, 0.5) is 5.95 Å². The average molecular weight is 279 g/mol. The molecule has 2 heterocycles. The van der Waals surface area contributed by atoms with Crippen LogP contribution in [0, 0.1) is 0 Å². The van der Waals surface area contributed by atoms with E-state index in [9.17, 15) is 4.79 Å². The first-order valence-electron chi connectivity index (χ1n) is 5.66. The number of pyridine rings is 1. The van der Waals surface area contributed by atoms with E-state index >= 15 is 0 Å². The van der Waals surface area contributed by atoms with E-state index in [-0.39, 0.29) is 23.6 Å². The second kappa shape index (κ2) is 6.74. The molecule has 2 aromatic heterocycles. The van der Waals surface area contributed by atoms with Crippen molar-refractivity contribution in [2.45, 2.75) is 11.8 Å². The van der Waals surface area contributed by atoms with Crippen LogP contribution in [0.15, 0.2) is 29.4 Å². The number of carbonyl (C=O) groups excluding carboxylic acids is 1. The van der Waals surface area contributed by atoms with Gasteiger partial charge < -0.3 is 4.74 Å². The molecular weight excluding hydrogens is 266 g/mol. The van der Waals surface area contributed by atoms with Gasteiger partial charge in [0.1, 0.15) is 0 Å². The molecule has 2 N–H and O–H groups in total. The zero-order valence-electron chi connectivity index (χ0n) is 10.3. The van der Waals surface area contributed by atoms with E-state index in [1.54, 1.807) is 12.4 Å². The molecule has 0 aromatic carbocycles. The Labute approximate surface area is 114 Å². The van der Waals surface area contributed by atoms with Gasteiger partial charge in [-0.25, -0.2) is 5.10 Å². The number of H-pyrrole nitrogens is 1. The van der Waals surface area contributed by atoms with Crippen LogP contribution in [0.1, 0.15) is 6.92 Å². The van der Waals surface area contributed by atoms with Gasteiger partial charge in [0, 0.05) is 17.3 Å². The third-order valence-corrected chi connectivity index (χ3v) is 3.03. The number of hydrogen-bond donors (Lipinski definition) is 2. The number of thioether (sulfide) groups is 1. The number of aromatic nitrogens is 4. The van der Waals surface area contributed by atoms with E-state index in [1.807, 2.05) is 19.1 Å². The predicted molar refractivity (Wildman–Crippen MR) is 71.1 cm³/mol. The fourth-order valence-electron chi connectivity index (χ4n) is 1.25. The summed E-state index contributed by atoms with van der Waals surface area (Å²) < 4.78 is 5.08. The minimum absolute atomic E-state index is 0.166. The van der Waals surface area contributed by atoms with Crippen molar-refractivity contribution in [3.05, 3.63) is 24.5 Å². The Hall–Kier alpha value is -2.09. The van der Waals surface area contributed by atoms with Gasteiger partial charge in [-0.3, -0.25) is 15.1 Å². The van der Waals surface area contributed by atoms with Crippen molar-refractivity contribution in [3.8, 4) is 6.01 Å². The second-order valence-corrected chi connectivity index (χ2v) is 4.47. The second-order valence-electron chi connectivity index (χ2n) is 3.42. The molecule has 0 bridgehead atoms. The van der Waals surface area contributed by atoms with Crippen LogP contribution >= 0.6 is 11.8 Å². The molecule has 8 heteroatoms. The first-order valence-corrected chi connectivity index (χ1v) is 6.64. The topological polar surface area (TPSA) is 92.8 Å². The van der Waals surface area contributed by atoms with E-state index in [0.717, 1.165) is 4.90 Å². The molecule has 0 radical (unpaired) electrons. The maximum absolute atomic E-state index is 11.7. The normalized spacial score (nSPS) is 10.2. The van der Waals surface area contributed by atoms with Gasteiger partial charge in [0.2, 0.25) is 11.9 Å². The highest BCUT2D eigenvalue weighted by molar-refractivity contribution is 8.00. The first-order chi connectivity index (χ1) is 9.28. The Bertz CT molecular complexity index is 531. The first kappa shape index (κ1) is 13.3. The number of aromatic amines is 1. The Morgan fingerprint density at radius 3 is 3.00 bits per heavy atom. The van der Waals surface area contributed by atoms with Crippen LogP contribution < -0.4 is 10.1 Å². The molecule has 1 amide bonds. The summed E-state index contributed by atoms with van der Waals surface area (Å²) >= 11 is 1.42. The summed E-state index contributed by atoms with van der Waals surface area (Å²) in [6.07, 6.45) is 3.37. The van der Waals surface area contributed by atoms with Crippen molar-refractivity contribution in [1.82, 2.24) is 20.2 Å². The minimum Gasteiger partial charge on any atom is -0.463 e. The molecule has 0 unspecified atom stereocenters. The number of nitrogens with zero attached hydrogens (tertiary/aromatic N) is 3. The summed E-state index contributed by atoms with van der Waals surface area (Å²) in [7, 11) is 0. The zero-order chi connectivity index (χ0) is 13.5. The molecule has 100 valence electrons. The summed E-state index contributed by atoms with van der Waals surface area (Å²) in [5, 5.41) is 8.98. The largest absolute Gasteiger partial charge is 0.463 e. The fraction of sp³-hybridized carbons (Fsp3) is 0.273. The van der Waals surface area contributed by atoms with E-state index in [4.69, 9.17) is 4.74 Å². The van der Waals surface area contributed by atoms with Crippen LogP contribution in [0.2, 0.25) is 0 Å². The highest BCUT2D eigenvalue weighted by Gasteiger charge is 2.08. The summed E-state index contributed by atoms with van der Waals surface area (Å²) in [4.78, 5) is 20.5. The summed E-state index contributed by atoms with van der Waals surface area (Å²) in [5.41, 5.74) is 0. The smallest absolute Gasteiger partial charge is 0.337 e. The van der Waals surface area contributed by atoms with Crippen LogP contribution in [0.5, 0.6) is 6.01 Å². The van der Waals surface area contributed by atoms with Gasteiger partial charge in [0.25, 0.3) is 0 Å². The number of amides is 1. The molecule has 2 aromatic rings. The van der Waals surface area contributed by atoms with Crippen molar-refractivity contribution in [3.63, 3.8) is 0 Å². The lowest BCUT2D eigenvalue weighted by Gasteiger charge is -2.01. The van der Waals surface area contributed by atoms with Gasteiger partial charge in [0.05, 0.1) is 12.4 Å². The lowest BCUT2D eigenvalue weighted by molar-refractivity contribution is -0.113. The molecule has 0 aliphatic carbocycles. The Morgan fingerprint density at radius 1 is 1.47 bits per heavy atom. The molecule has 0 aliphatic rings. The van der Waals surface area contributed by atoms with E-state index < -0.39 is 0 Å². The number of carbonyl (C=O) groups is 1. The number of hydrogen-bond acceptors (Lipinski definition) is 6. The third kappa shape index (κ3) is 4.25. The number of rotatable bonds is 6. The summed E-state index contributed by atoms with van der Waals surface area (Å²) in [5.74, 6) is 0.402. The lowest BCUT2D eigenvalue weighted by Crippen LogP contribution is -2.15. The van der Waals surface area contributed by atoms with Gasteiger partial charge >= 0.3 is 6.01 Å². The maximum atomic E-state index is 11.7. The van der Waals surface area contributed by atoms with Gasteiger partial charge in [0.15, 0.2) is 0 Å². The highest BCUT2D eigenvalue weighted by atomic mass is 32.2. The molecule has 2 rings (SSSR count). The predicted octanol–water partition coefficient (Wildman–Crippen LogP) is 1.33. The number of anilines is 1. The van der Waals surface area contributed by atoms with Crippen molar-refractivity contribution in [2.75, 3.05) is 17.7 Å². The van der Waals surface area contributed by atoms with Crippen molar-refractivity contribution in [2.24, 2.45) is 0 Å². The fourth-order valence-corrected chi connectivity index (χ4v) is 1.93. The van der Waals surface area contributed by atoms with Gasteiger partial charge in [-0.05, 0) is 19.1 Å². The maximum Gasteiger partial charge on any atom is 0.337 e. The summed E-state index contributed by atoms with van der Waals surface area (Å²) in [6.45, 7) is 2.31. The SMILES string of the molecule is CCOc1n[nH]c(NC(=O)CSc2ccncc2)n1. The van der Waals surface area contributed by atoms with Crippen molar-refractivity contribution >= 4 is 23.6 Å². The number of ether oxygens (including phenoxy) is 1. The van der Waals surface area contributed by atoms with Gasteiger partial charge in [-0.15, -0.1) is 16.9 Å². The van der Waals surface area contributed by atoms with Gasteiger partial charge in [-0.1, -0.05) is 0 Å². The molecule has 0 spiro atoms. The molecule has 7 nitrogen and oxygen atoms in total. The monoisotopic (exact) mass is 279 g/mol. The Balaban J connectivity index is 1.80. The summed E-state index contributed by atoms with van der Waals surface area (Å²) in [6, 6.07) is 3.92. The van der Waals surface area contributed by atoms with Crippen molar-refractivity contribution < 1.29 is 9.53 Å². The van der Waals surface area contributed by atoms with Crippen LogP contribution in [0.25, 0.3) is 0 Å².